The van der Waals surface area contributed by atoms with Crippen LogP contribution in [0, 0.1) is 10.8 Å². The second-order valence-corrected chi connectivity index (χ2v) is 10.4. The van der Waals surface area contributed by atoms with E-state index in [-0.39, 0.29) is 35.5 Å². The zero-order valence-corrected chi connectivity index (χ0v) is 21.2. The number of nitrogens with one attached hydrogen (secondary N) is 3. The highest BCUT2D eigenvalue weighted by Gasteiger charge is 2.34. The number of hydroxylamine groups is 1. The van der Waals surface area contributed by atoms with Gasteiger partial charge in [0.25, 0.3) is 5.91 Å². The topological polar surface area (TPSA) is 120 Å². The van der Waals surface area contributed by atoms with Gasteiger partial charge in [-0.05, 0) is 53.6 Å². The van der Waals surface area contributed by atoms with E-state index in [1.165, 1.54) is 0 Å². The highest BCUT2D eigenvalue weighted by atomic mass is 16.5. The van der Waals surface area contributed by atoms with Crippen molar-refractivity contribution in [1.29, 1.82) is 0 Å². The third-order valence-corrected chi connectivity index (χ3v) is 6.42. The number of nitrogens with zero attached hydrogens (tertiary/aromatic N) is 1. The number of rotatable bonds is 10. The summed E-state index contributed by atoms with van der Waals surface area (Å²) in [5.74, 6) is -0.844. The van der Waals surface area contributed by atoms with Crippen molar-refractivity contribution in [3.63, 3.8) is 0 Å². The van der Waals surface area contributed by atoms with Gasteiger partial charge in [0.2, 0.25) is 11.8 Å². The second kappa shape index (κ2) is 11.3. The highest BCUT2D eigenvalue weighted by molar-refractivity contribution is 6.08. The van der Waals surface area contributed by atoms with E-state index < -0.39 is 5.91 Å². The third-order valence-electron chi connectivity index (χ3n) is 6.42. The maximum Gasteiger partial charge on any atom is 0.255 e. The van der Waals surface area contributed by atoms with Crippen molar-refractivity contribution < 1.29 is 19.6 Å². The van der Waals surface area contributed by atoms with Crippen LogP contribution in [0.5, 0.6) is 0 Å². The number of fused-ring (bicyclic) bond motifs is 1. The van der Waals surface area contributed by atoms with Gasteiger partial charge in [-0.1, -0.05) is 52.3 Å². The molecule has 1 atom stereocenters. The average Bonchev–Trinajstić information content (AvgIpc) is 2.83. The minimum atomic E-state index is -0.441. The molecular formula is C28H34N4O4. The first-order valence-electron chi connectivity index (χ1n) is 12.0. The lowest BCUT2D eigenvalue weighted by Gasteiger charge is -2.36. The van der Waals surface area contributed by atoms with E-state index in [0.29, 0.717) is 23.4 Å². The summed E-state index contributed by atoms with van der Waals surface area (Å²) in [5.41, 5.74) is 3.39. The number of para-hydroxylation sites is 1. The second-order valence-electron chi connectivity index (χ2n) is 10.4. The number of carbonyl (C=O) groups excluding carboxylic acids is 3. The predicted molar refractivity (Wildman–Crippen MR) is 141 cm³/mol. The SMILES string of the molecule is CCC(C)(CC(=O)Nc1ccc(C(=O)Nc2cccc3cccnc23)cc1)CC(C)(C)CC(=O)NO. The standard InChI is InChI=1S/C28H34N4O4/c1-5-28(4,18-27(2,3)16-24(34)32-36)17-23(33)30-21-13-11-20(12-14-21)26(35)31-22-10-6-8-19-9-7-15-29-25(19)22/h6-15,36H,5,16-18H2,1-4H3,(H,30,33)(H,31,35)(H,32,34). The fourth-order valence-corrected chi connectivity index (χ4v) is 4.70. The van der Waals surface area contributed by atoms with E-state index in [9.17, 15) is 14.4 Å². The van der Waals surface area contributed by atoms with Gasteiger partial charge >= 0.3 is 0 Å². The van der Waals surface area contributed by atoms with Crippen LogP contribution in [0.1, 0.15) is 63.7 Å². The van der Waals surface area contributed by atoms with Crippen LogP contribution in [0.15, 0.2) is 60.8 Å². The molecule has 8 heteroatoms. The van der Waals surface area contributed by atoms with Gasteiger partial charge in [-0.3, -0.25) is 24.6 Å². The van der Waals surface area contributed by atoms with Gasteiger partial charge in [-0.2, -0.15) is 0 Å². The molecule has 0 spiro atoms. The van der Waals surface area contributed by atoms with Crippen molar-refractivity contribution in [2.75, 3.05) is 10.6 Å². The Hall–Kier alpha value is -3.78. The molecule has 0 saturated heterocycles. The summed E-state index contributed by atoms with van der Waals surface area (Å²) in [6, 6.07) is 16.1. The number of hydrogen-bond acceptors (Lipinski definition) is 5. The molecule has 0 aliphatic carbocycles. The van der Waals surface area contributed by atoms with E-state index in [1.807, 2.05) is 58.0 Å². The van der Waals surface area contributed by atoms with Gasteiger partial charge in [-0.25, -0.2) is 5.48 Å². The molecule has 36 heavy (non-hydrogen) atoms. The molecular weight excluding hydrogens is 456 g/mol. The van der Waals surface area contributed by atoms with Crippen LogP contribution in [0.3, 0.4) is 0 Å². The summed E-state index contributed by atoms with van der Waals surface area (Å²) in [6.45, 7) is 7.95. The number of anilines is 2. The van der Waals surface area contributed by atoms with Crippen LogP contribution in [-0.2, 0) is 9.59 Å². The summed E-state index contributed by atoms with van der Waals surface area (Å²) in [4.78, 5) is 41.6. The van der Waals surface area contributed by atoms with Crippen molar-refractivity contribution in [2.45, 2.75) is 53.4 Å². The molecule has 0 bridgehead atoms. The van der Waals surface area contributed by atoms with E-state index >= 15 is 0 Å². The Balaban J connectivity index is 1.61. The first-order valence-corrected chi connectivity index (χ1v) is 12.0. The number of pyridine rings is 1. The molecule has 3 amide bonds. The first-order chi connectivity index (χ1) is 17.0. The van der Waals surface area contributed by atoms with Gasteiger partial charge in [-0.15, -0.1) is 0 Å². The maximum atomic E-state index is 12.8. The Morgan fingerprint density at radius 2 is 1.58 bits per heavy atom. The molecule has 1 heterocycles. The molecule has 0 fully saturated rings. The van der Waals surface area contributed by atoms with Crippen LogP contribution >= 0.6 is 0 Å². The smallest absolute Gasteiger partial charge is 0.255 e. The Bertz CT molecular complexity index is 1230. The quantitative estimate of drug-likeness (QED) is 0.220. The summed E-state index contributed by atoms with van der Waals surface area (Å²) >= 11 is 0. The van der Waals surface area contributed by atoms with Crippen molar-refractivity contribution >= 4 is 40.0 Å². The Morgan fingerprint density at radius 1 is 0.889 bits per heavy atom. The fourth-order valence-electron chi connectivity index (χ4n) is 4.70. The van der Waals surface area contributed by atoms with Gasteiger partial charge < -0.3 is 10.6 Å². The third kappa shape index (κ3) is 7.11. The van der Waals surface area contributed by atoms with Crippen LogP contribution in [0.2, 0.25) is 0 Å². The Labute approximate surface area is 211 Å². The van der Waals surface area contributed by atoms with Gasteiger partial charge in [0, 0.05) is 35.7 Å². The van der Waals surface area contributed by atoms with Crippen molar-refractivity contribution in [3.05, 3.63) is 66.4 Å². The summed E-state index contributed by atoms with van der Waals surface area (Å²) in [7, 11) is 0. The molecule has 190 valence electrons. The molecule has 1 unspecified atom stereocenters. The van der Waals surface area contributed by atoms with Gasteiger partial charge in [0.1, 0.15) is 0 Å². The summed E-state index contributed by atoms with van der Waals surface area (Å²) in [6.07, 6.45) is 3.53. The molecule has 4 N–H and O–H groups in total. The predicted octanol–water partition coefficient (Wildman–Crippen LogP) is 5.54. The number of aromatic nitrogens is 1. The maximum absolute atomic E-state index is 12.8. The monoisotopic (exact) mass is 490 g/mol. The number of hydrogen-bond donors (Lipinski definition) is 4. The fraction of sp³-hybridized carbons (Fsp3) is 0.357. The summed E-state index contributed by atoms with van der Waals surface area (Å²) < 4.78 is 0. The lowest BCUT2D eigenvalue weighted by molar-refractivity contribution is -0.131. The van der Waals surface area contributed by atoms with Crippen LogP contribution < -0.4 is 16.1 Å². The molecule has 1 aromatic heterocycles. The molecule has 2 aromatic carbocycles. The molecule has 3 aromatic rings. The van der Waals surface area contributed by atoms with E-state index in [0.717, 1.165) is 17.3 Å². The first kappa shape index (κ1) is 26.8. The molecule has 0 aliphatic rings. The van der Waals surface area contributed by atoms with E-state index in [1.54, 1.807) is 35.9 Å². The zero-order valence-electron chi connectivity index (χ0n) is 21.2. The highest BCUT2D eigenvalue weighted by Crippen LogP contribution is 2.41. The number of amides is 3. The lowest BCUT2D eigenvalue weighted by atomic mass is 9.69. The van der Waals surface area contributed by atoms with Gasteiger partial charge in [0.15, 0.2) is 0 Å². The molecule has 0 radical (unpaired) electrons. The average molecular weight is 491 g/mol. The minimum Gasteiger partial charge on any atom is -0.326 e. The van der Waals surface area contributed by atoms with Crippen molar-refractivity contribution in [2.24, 2.45) is 10.8 Å². The van der Waals surface area contributed by atoms with Crippen LogP contribution in [0.25, 0.3) is 10.9 Å². The van der Waals surface area contributed by atoms with E-state index in [2.05, 4.69) is 15.6 Å². The Morgan fingerprint density at radius 3 is 2.25 bits per heavy atom. The summed E-state index contributed by atoms with van der Waals surface area (Å²) in [5, 5.41) is 15.6. The largest absolute Gasteiger partial charge is 0.326 e. The number of benzene rings is 2. The molecule has 8 nitrogen and oxygen atoms in total. The van der Waals surface area contributed by atoms with Gasteiger partial charge in [0.05, 0.1) is 11.2 Å². The molecule has 0 saturated carbocycles. The Kier molecular flexibility index (Phi) is 8.42. The number of carbonyl (C=O) groups is 3. The zero-order chi connectivity index (χ0) is 26.3. The molecule has 0 aliphatic heterocycles. The van der Waals surface area contributed by atoms with Crippen molar-refractivity contribution in [1.82, 2.24) is 10.5 Å². The van der Waals surface area contributed by atoms with Crippen molar-refractivity contribution in [3.8, 4) is 0 Å². The van der Waals surface area contributed by atoms with Crippen LogP contribution in [0.4, 0.5) is 11.4 Å². The van der Waals surface area contributed by atoms with E-state index in [4.69, 9.17) is 5.21 Å². The van der Waals surface area contributed by atoms with Crippen LogP contribution in [-0.4, -0.2) is 27.9 Å². The lowest BCUT2D eigenvalue weighted by Crippen LogP contribution is -2.33. The normalized spacial score (nSPS) is 13.0. The molecule has 3 rings (SSSR count). The minimum absolute atomic E-state index is 0.138.